The summed E-state index contributed by atoms with van der Waals surface area (Å²) in [5.74, 6) is 0.911. The number of fused-ring (bicyclic) bond motifs is 4. The highest BCUT2D eigenvalue weighted by atomic mass is 16.5. The zero-order valence-corrected chi connectivity index (χ0v) is 11.8. The van der Waals surface area contributed by atoms with E-state index in [2.05, 4.69) is 35.4 Å². The average Bonchev–Trinajstić information content (AvgIpc) is 2.87. The molecule has 0 atom stereocenters. The molecular weight excluding hydrogens is 248 g/mol. The molecule has 2 N–H and O–H groups in total. The van der Waals surface area contributed by atoms with Crippen LogP contribution in [0.1, 0.15) is 16.7 Å². The molecule has 2 aromatic carbocycles. The largest absolute Gasteiger partial charge is 0.495 e. The van der Waals surface area contributed by atoms with Crippen LogP contribution < -0.4 is 10.1 Å². The topological polar surface area (TPSA) is 37.0 Å². The van der Waals surface area contributed by atoms with Crippen molar-refractivity contribution in [3.05, 3.63) is 41.0 Å². The summed E-state index contributed by atoms with van der Waals surface area (Å²) < 4.78 is 5.48. The minimum absolute atomic E-state index is 0.911. The van der Waals surface area contributed by atoms with Crippen molar-refractivity contribution in [3.8, 4) is 5.75 Å². The summed E-state index contributed by atoms with van der Waals surface area (Å²) >= 11 is 0. The lowest BCUT2D eigenvalue weighted by atomic mass is 9.93. The Labute approximate surface area is 117 Å². The minimum Gasteiger partial charge on any atom is -0.495 e. The van der Waals surface area contributed by atoms with Gasteiger partial charge in [0, 0.05) is 22.8 Å². The second-order valence-electron chi connectivity index (χ2n) is 5.50. The summed E-state index contributed by atoms with van der Waals surface area (Å²) in [6.45, 7) is 4.28. The molecule has 0 aliphatic carbocycles. The number of rotatable bonds is 1. The van der Waals surface area contributed by atoms with Crippen LogP contribution in [0.25, 0.3) is 21.8 Å². The standard InChI is InChI=1S/C17H18N2O/c1-10-12-6-7-18-9-11(12)8-14-13-4-3-5-15(20-2)17(13)19-16(10)14/h3-5,8,18-19H,6-7,9H2,1-2H3. The fraction of sp³-hybridized carbons (Fsp3) is 0.294. The number of aromatic amines is 1. The predicted molar refractivity (Wildman–Crippen MR) is 82.5 cm³/mol. The highest BCUT2D eigenvalue weighted by molar-refractivity contribution is 6.10. The van der Waals surface area contributed by atoms with Crippen LogP contribution in [0.5, 0.6) is 5.75 Å². The molecule has 0 bridgehead atoms. The highest BCUT2D eigenvalue weighted by Crippen LogP contribution is 2.35. The predicted octanol–water partition coefficient (Wildman–Crippen LogP) is 3.28. The zero-order valence-electron chi connectivity index (χ0n) is 11.8. The Morgan fingerprint density at radius 2 is 2.05 bits per heavy atom. The van der Waals surface area contributed by atoms with E-state index in [0.29, 0.717) is 0 Å². The molecule has 1 aliphatic rings. The van der Waals surface area contributed by atoms with Gasteiger partial charge in [0.25, 0.3) is 0 Å². The third-order valence-electron chi connectivity index (χ3n) is 4.46. The third kappa shape index (κ3) is 1.50. The molecule has 0 fully saturated rings. The summed E-state index contributed by atoms with van der Waals surface area (Å²) in [6.07, 6.45) is 1.11. The lowest BCUT2D eigenvalue weighted by molar-refractivity contribution is 0.419. The monoisotopic (exact) mass is 266 g/mol. The number of H-pyrrole nitrogens is 1. The van der Waals surface area contributed by atoms with Crippen LogP contribution in [-0.2, 0) is 13.0 Å². The number of aromatic nitrogens is 1. The van der Waals surface area contributed by atoms with Gasteiger partial charge in [-0.2, -0.15) is 0 Å². The SMILES string of the molecule is COc1cccc2c1[nH]c1c(C)c3c(cc12)CNCC3. The first kappa shape index (κ1) is 11.8. The molecule has 0 saturated carbocycles. The highest BCUT2D eigenvalue weighted by Gasteiger charge is 2.17. The number of nitrogens with one attached hydrogen (secondary N) is 2. The van der Waals surface area contributed by atoms with E-state index in [0.717, 1.165) is 30.8 Å². The number of hydrogen-bond acceptors (Lipinski definition) is 2. The first-order chi connectivity index (χ1) is 9.79. The van der Waals surface area contributed by atoms with E-state index in [1.165, 1.54) is 33.0 Å². The van der Waals surface area contributed by atoms with E-state index in [1.54, 1.807) is 7.11 Å². The van der Waals surface area contributed by atoms with Gasteiger partial charge in [0.15, 0.2) is 0 Å². The Morgan fingerprint density at radius 1 is 1.15 bits per heavy atom. The maximum Gasteiger partial charge on any atom is 0.142 e. The molecule has 102 valence electrons. The minimum atomic E-state index is 0.911. The molecule has 0 radical (unpaired) electrons. The van der Waals surface area contributed by atoms with Gasteiger partial charge in [-0.3, -0.25) is 0 Å². The molecule has 1 aliphatic heterocycles. The van der Waals surface area contributed by atoms with E-state index in [1.807, 2.05) is 6.07 Å². The number of methoxy groups -OCH3 is 1. The Hall–Kier alpha value is -2.00. The van der Waals surface area contributed by atoms with Gasteiger partial charge >= 0.3 is 0 Å². The van der Waals surface area contributed by atoms with Crippen LogP contribution in [0.3, 0.4) is 0 Å². The first-order valence-electron chi connectivity index (χ1n) is 7.10. The van der Waals surface area contributed by atoms with E-state index >= 15 is 0 Å². The normalized spacial score (nSPS) is 14.7. The fourth-order valence-corrected chi connectivity index (χ4v) is 3.42. The molecule has 20 heavy (non-hydrogen) atoms. The van der Waals surface area contributed by atoms with Crippen LogP contribution >= 0.6 is 0 Å². The summed E-state index contributed by atoms with van der Waals surface area (Å²) in [5, 5.41) is 6.01. The van der Waals surface area contributed by atoms with Crippen molar-refractivity contribution in [2.75, 3.05) is 13.7 Å². The lowest BCUT2D eigenvalue weighted by Crippen LogP contribution is -2.24. The Bertz CT molecular complexity index is 817. The van der Waals surface area contributed by atoms with Crippen molar-refractivity contribution in [1.29, 1.82) is 0 Å². The van der Waals surface area contributed by atoms with Gasteiger partial charge in [-0.05, 0) is 48.7 Å². The Balaban J connectivity index is 2.14. The van der Waals surface area contributed by atoms with Crippen LogP contribution in [0, 0.1) is 6.92 Å². The van der Waals surface area contributed by atoms with Crippen LogP contribution in [0.15, 0.2) is 24.3 Å². The second kappa shape index (κ2) is 4.25. The summed E-state index contributed by atoms with van der Waals surface area (Å²) in [6, 6.07) is 8.57. The molecule has 0 unspecified atom stereocenters. The van der Waals surface area contributed by atoms with E-state index in [4.69, 9.17) is 4.74 Å². The van der Waals surface area contributed by atoms with Crippen molar-refractivity contribution in [3.63, 3.8) is 0 Å². The lowest BCUT2D eigenvalue weighted by Gasteiger charge is -2.19. The van der Waals surface area contributed by atoms with Gasteiger partial charge in [-0.15, -0.1) is 0 Å². The zero-order chi connectivity index (χ0) is 13.7. The fourth-order valence-electron chi connectivity index (χ4n) is 3.42. The van der Waals surface area contributed by atoms with Gasteiger partial charge in [0.2, 0.25) is 0 Å². The van der Waals surface area contributed by atoms with Crippen molar-refractivity contribution in [2.24, 2.45) is 0 Å². The average molecular weight is 266 g/mol. The molecule has 1 aromatic heterocycles. The van der Waals surface area contributed by atoms with E-state index in [9.17, 15) is 0 Å². The molecular formula is C17H18N2O. The second-order valence-corrected chi connectivity index (χ2v) is 5.50. The summed E-state index contributed by atoms with van der Waals surface area (Å²) in [7, 11) is 1.72. The van der Waals surface area contributed by atoms with Crippen molar-refractivity contribution >= 4 is 21.8 Å². The van der Waals surface area contributed by atoms with Gasteiger partial charge < -0.3 is 15.0 Å². The van der Waals surface area contributed by atoms with Crippen molar-refractivity contribution < 1.29 is 4.74 Å². The molecule has 0 amide bonds. The molecule has 0 spiro atoms. The molecule has 2 heterocycles. The maximum atomic E-state index is 5.48. The molecule has 0 saturated heterocycles. The molecule has 4 rings (SSSR count). The van der Waals surface area contributed by atoms with Gasteiger partial charge in [-0.1, -0.05) is 12.1 Å². The summed E-state index contributed by atoms with van der Waals surface area (Å²) in [4.78, 5) is 3.57. The Kier molecular flexibility index (Phi) is 2.51. The van der Waals surface area contributed by atoms with Crippen molar-refractivity contribution in [2.45, 2.75) is 19.9 Å². The molecule has 3 nitrogen and oxygen atoms in total. The third-order valence-corrected chi connectivity index (χ3v) is 4.46. The van der Waals surface area contributed by atoms with Gasteiger partial charge in [-0.25, -0.2) is 0 Å². The summed E-state index contributed by atoms with van der Waals surface area (Å²) in [5.41, 5.74) is 6.68. The molecule has 3 aromatic rings. The van der Waals surface area contributed by atoms with Crippen molar-refractivity contribution in [1.82, 2.24) is 10.3 Å². The van der Waals surface area contributed by atoms with Crippen LogP contribution in [0.2, 0.25) is 0 Å². The number of aryl methyl sites for hydroxylation is 1. The number of para-hydroxylation sites is 1. The van der Waals surface area contributed by atoms with Crippen LogP contribution in [-0.4, -0.2) is 18.6 Å². The van der Waals surface area contributed by atoms with Gasteiger partial charge in [0.05, 0.1) is 12.6 Å². The number of ether oxygens (including phenoxy) is 1. The van der Waals surface area contributed by atoms with E-state index in [-0.39, 0.29) is 0 Å². The van der Waals surface area contributed by atoms with E-state index < -0.39 is 0 Å². The number of benzene rings is 2. The van der Waals surface area contributed by atoms with Gasteiger partial charge in [0.1, 0.15) is 5.75 Å². The smallest absolute Gasteiger partial charge is 0.142 e. The van der Waals surface area contributed by atoms with Crippen LogP contribution in [0.4, 0.5) is 0 Å². The first-order valence-corrected chi connectivity index (χ1v) is 7.10. The molecule has 3 heteroatoms. The quantitative estimate of drug-likeness (QED) is 0.709. The Morgan fingerprint density at radius 3 is 2.90 bits per heavy atom. The maximum absolute atomic E-state index is 5.48. The number of hydrogen-bond donors (Lipinski definition) is 2.